The number of hydrogen-bond acceptors (Lipinski definition) is 4. The molecule has 0 spiro atoms. The number of nitrogens with zero attached hydrogens (tertiary/aromatic N) is 1. The van der Waals surface area contributed by atoms with Crippen LogP contribution in [0.4, 0.5) is 13.2 Å². The predicted molar refractivity (Wildman–Crippen MR) is 64.3 cm³/mol. The molecule has 0 bridgehead atoms. The number of hydrogen-bond donors (Lipinski definition) is 1. The third-order valence-electron chi connectivity index (χ3n) is 3.07. The Morgan fingerprint density at radius 3 is 2.35 bits per heavy atom. The highest BCUT2D eigenvalue weighted by Gasteiger charge is 2.43. The van der Waals surface area contributed by atoms with Crippen LogP contribution in [0, 0.1) is 5.92 Å². The van der Waals surface area contributed by atoms with Gasteiger partial charge in [0.1, 0.15) is 0 Å². The number of rotatable bonds is 3. The molecule has 0 saturated carbocycles. The number of piperidine rings is 1. The smallest absolute Gasteiger partial charge is 0.463 e. The van der Waals surface area contributed by atoms with Crippen LogP contribution in [0.5, 0.6) is 0 Å². The van der Waals surface area contributed by atoms with E-state index >= 15 is 0 Å². The summed E-state index contributed by atoms with van der Waals surface area (Å²) in [6.45, 7) is 1.82. The number of carbonyl (C=O) groups excluding carboxylic acids is 2. The highest BCUT2D eigenvalue weighted by molar-refractivity contribution is 5.83. The van der Waals surface area contributed by atoms with Crippen LogP contribution in [-0.4, -0.2) is 42.6 Å². The number of amides is 1. The minimum Gasteiger partial charge on any atom is -0.463 e. The maximum Gasteiger partial charge on any atom is 0.471 e. The molecule has 1 saturated heterocycles. The molecule has 1 rings (SSSR count). The van der Waals surface area contributed by atoms with Crippen LogP contribution in [-0.2, 0) is 14.3 Å². The molecule has 0 unspecified atom stereocenters. The molecule has 0 aliphatic carbocycles. The first-order valence-corrected chi connectivity index (χ1v) is 6.25. The van der Waals surface area contributed by atoms with Gasteiger partial charge in [-0.15, -0.1) is 0 Å². The zero-order chi connectivity index (χ0) is 15.3. The van der Waals surface area contributed by atoms with Crippen LogP contribution >= 0.6 is 0 Å². The third-order valence-corrected chi connectivity index (χ3v) is 3.07. The Balaban J connectivity index is 2.54. The zero-order valence-corrected chi connectivity index (χ0v) is 11.1. The van der Waals surface area contributed by atoms with Crippen molar-refractivity contribution >= 4 is 11.9 Å². The molecule has 1 aliphatic heterocycles. The molecule has 0 aromatic carbocycles. The van der Waals surface area contributed by atoms with Crippen LogP contribution in [0.25, 0.3) is 0 Å². The van der Waals surface area contributed by atoms with Crippen molar-refractivity contribution in [2.24, 2.45) is 11.7 Å². The summed E-state index contributed by atoms with van der Waals surface area (Å²) in [5.41, 5.74) is 6.00. The molecule has 2 N–H and O–H groups in total. The summed E-state index contributed by atoms with van der Waals surface area (Å²) in [6, 6.07) is 0. The standard InChI is InChI=1S/C12H17F3N2O3/c1-2-20-10(18)7-9(16)8-3-5-17(6-4-8)11(19)12(13,14)15/h7-8H,2-6,16H2,1H3/b9-7+. The van der Waals surface area contributed by atoms with Crippen LogP contribution in [0.3, 0.4) is 0 Å². The van der Waals surface area contributed by atoms with E-state index in [2.05, 4.69) is 0 Å². The fourth-order valence-corrected chi connectivity index (χ4v) is 2.03. The lowest BCUT2D eigenvalue weighted by Crippen LogP contribution is -2.45. The fraction of sp³-hybridized carbons (Fsp3) is 0.667. The lowest BCUT2D eigenvalue weighted by molar-refractivity contribution is -0.186. The number of esters is 1. The first-order valence-electron chi connectivity index (χ1n) is 6.25. The van der Waals surface area contributed by atoms with Gasteiger partial charge in [-0.25, -0.2) is 4.79 Å². The maximum atomic E-state index is 12.3. The summed E-state index contributed by atoms with van der Waals surface area (Å²) in [6.07, 6.45) is -3.11. The summed E-state index contributed by atoms with van der Waals surface area (Å²) in [4.78, 5) is 23.0. The Bertz CT molecular complexity index is 399. The van der Waals surface area contributed by atoms with Crippen molar-refractivity contribution in [2.75, 3.05) is 19.7 Å². The van der Waals surface area contributed by atoms with Crippen molar-refractivity contribution in [2.45, 2.75) is 25.9 Å². The van der Waals surface area contributed by atoms with Gasteiger partial charge in [0, 0.05) is 30.8 Å². The lowest BCUT2D eigenvalue weighted by atomic mass is 9.93. The van der Waals surface area contributed by atoms with E-state index in [1.807, 2.05) is 0 Å². The number of likely N-dealkylation sites (tertiary alicyclic amines) is 1. The van der Waals surface area contributed by atoms with E-state index in [0.717, 1.165) is 11.0 Å². The summed E-state index contributed by atoms with van der Waals surface area (Å²) in [5, 5.41) is 0. The minimum absolute atomic E-state index is 0.0274. The Kier molecular flexibility index (Phi) is 5.41. The Morgan fingerprint density at radius 1 is 1.35 bits per heavy atom. The van der Waals surface area contributed by atoms with Gasteiger partial charge >= 0.3 is 18.1 Å². The second-order valence-corrected chi connectivity index (χ2v) is 4.46. The van der Waals surface area contributed by atoms with Crippen molar-refractivity contribution in [3.63, 3.8) is 0 Å². The molecule has 1 fully saturated rings. The Hall–Kier alpha value is -1.73. The lowest BCUT2D eigenvalue weighted by Gasteiger charge is -2.32. The minimum atomic E-state index is -4.85. The fourth-order valence-electron chi connectivity index (χ4n) is 2.03. The van der Waals surface area contributed by atoms with E-state index in [1.54, 1.807) is 6.92 Å². The average molecular weight is 294 g/mol. The first-order chi connectivity index (χ1) is 9.25. The summed E-state index contributed by atoms with van der Waals surface area (Å²) in [7, 11) is 0. The SMILES string of the molecule is CCOC(=O)/C=C(/N)C1CCN(C(=O)C(F)(F)F)CC1. The van der Waals surface area contributed by atoms with Crippen LogP contribution in [0.15, 0.2) is 11.8 Å². The van der Waals surface area contributed by atoms with Crippen LogP contribution in [0.2, 0.25) is 0 Å². The summed E-state index contributed by atoms with van der Waals surface area (Å²) < 4.78 is 41.5. The summed E-state index contributed by atoms with van der Waals surface area (Å²) >= 11 is 0. The Labute approximate surface area is 114 Å². The molecule has 8 heteroatoms. The second kappa shape index (κ2) is 6.62. The highest BCUT2D eigenvalue weighted by Crippen LogP contribution is 2.26. The number of nitrogens with two attached hydrogens (primary N) is 1. The first kappa shape index (κ1) is 16.3. The highest BCUT2D eigenvalue weighted by atomic mass is 19.4. The number of allylic oxidation sites excluding steroid dienone is 1. The van der Waals surface area contributed by atoms with Crippen molar-refractivity contribution in [1.29, 1.82) is 0 Å². The zero-order valence-electron chi connectivity index (χ0n) is 11.1. The van der Waals surface area contributed by atoms with Gasteiger partial charge in [0.2, 0.25) is 0 Å². The van der Waals surface area contributed by atoms with Crippen LogP contribution < -0.4 is 5.73 Å². The van der Waals surface area contributed by atoms with Crippen molar-refractivity contribution in [3.8, 4) is 0 Å². The average Bonchev–Trinajstić information content (AvgIpc) is 2.37. The largest absolute Gasteiger partial charge is 0.471 e. The molecule has 114 valence electrons. The van der Waals surface area contributed by atoms with Gasteiger partial charge < -0.3 is 15.4 Å². The van der Waals surface area contributed by atoms with Crippen molar-refractivity contribution in [3.05, 3.63) is 11.8 Å². The Morgan fingerprint density at radius 2 is 1.90 bits per heavy atom. The van der Waals surface area contributed by atoms with Crippen molar-refractivity contribution < 1.29 is 27.5 Å². The van der Waals surface area contributed by atoms with Gasteiger partial charge in [0.05, 0.1) is 6.61 Å². The van der Waals surface area contributed by atoms with Gasteiger partial charge in [-0.05, 0) is 19.8 Å². The molecule has 1 heterocycles. The van der Waals surface area contributed by atoms with Gasteiger partial charge in [-0.1, -0.05) is 0 Å². The van der Waals surface area contributed by atoms with E-state index < -0.39 is 18.1 Å². The third kappa shape index (κ3) is 4.43. The predicted octanol–water partition coefficient (Wildman–Crippen LogP) is 1.19. The number of halogens is 3. The molecule has 1 aliphatic rings. The molecular weight excluding hydrogens is 277 g/mol. The normalized spacial score (nSPS) is 18.0. The van der Waals surface area contributed by atoms with Crippen molar-refractivity contribution in [1.82, 2.24) is 4.90 Å². The van der Waals surface area contributed by atoms with E-state index in [4.69, 9.17) is 10.5 Å². The molecule has 0 atom stereocenters. The van der Waals surface area contributed by atoms with Gasteiger partial charge in [-0.3, -0.25) is 4.79 Å². The number of carbonyl (C=O) groups is 2. The molecular formula is C12H17F3N2O3. The van der Waals surface area contributed by atoms with Gasteiger partial charge in [-0.2, -0.15) is 13.2 Å². The number of alkyl halides is 3. The molecule has 0 aromatic heterocycles. The quantitative estimate of drug-likeness (QED) is 0.627. The van der Waals surface area contributed by atoms with Gasteiger partial charge in [0.25, 0.3) is 0 Å². The maximum absolute atomic E-state index is 12.3. The molecule has 20 heavy (non-hydrogen) atoms. The van der Waals surface area contributed by atoms with E-state index in [0.29, 0.717) is 12.8 Å². The van der Waals surface area contributed by atoms with E-state index in [9.17, 15) is 22.8 Å². The van der Waals surface area contributed by atoms with Crippen LogP contribution in [0.1, 0.15) is 19.8 Å². The van der Waals surface area contributed by atoms with Gasteiger partial charge in [0.15, 0.2) is 0 Å². The molecule has 1 amide bonds. The van der Waals surface area contributed by atoms with E-state index in [-0.39, 0.29) is 31.3 Å². The molecule has 0 radical (unpaired) electrons. The monoisotopic (exact) mass is 294 g/mol. The number of ether oxygens (including phenoxy) is 1. The summed E-state index contributed by atoms with van der Waals surface area (Å²) in [5.74, 6) is -2.61. The van der Waals surface area contributed by atoms with E-state index in [1.165, 1.54) is 0 Å². The molecule has 0 aromatic rings. The molecule has 5 nitrogen and oxygen atoms in total. The topological polar surface area (TPSA) is 72.6 Å². The second-order valence-electron chi connectivity index (χ2n) is 4.46.